The Labute approximate surface area is 113 Å². The SMILES string of the molecule is NC(C(=O)NCCCC1CCCC1)c1cccs1. The second kappa shape index (κ2) is 6.90. The van der Waals surface area contributed by atoms with E-state index in [1.54, 1.807) is 0 Å². The normalized spacial score (nSPS) is 17.8. The number of nitrogens with two attached hydrogens (primary N) is 1. The lowest BCUT2D eigenvalue weighted by molar-refractivity contribution is -0.122. The molecule has 100 valence electrons. The second-order valence-electron chi connectivity index (χ2n) is 5.08. The summed E-state index contributed by atoms with van der Waals surface area (Å²) in [6.45, 7) is 0.758. The smallest absolute Gasteiger partial charge is 0.242 e. The largest absolute Gasteiger partial charge is 0.354 e. The van der Waals surface area contributed by atoms with Crippen molar-refractivity contribution in [2.24, 2.45) is 11.7 Å². The van der Waals surface area contributed by atoms with Gasteiger partial charge in [0.2, 0.25) is 5.91 Å². The number of nitrogens with one attached hydrogen (secondary N) is 1. The van der Waals surface area contributed by atoms with Crippen LogP contribution in [0.15, 0.2) is 17.5 Å². The highest BCUT2D eigenvalue weighted by Gasteiger charge is 2.17. The van der Waals surface area contributed by atoms with Crippen molar-refractivity contribution in [2.45, 2.75) is 44.6 Å². The standard InChI is InChI=1S/C14H22N2OS/c15-13(12-8-4-10-18-12)14(17)16-9-3-7-11-5-1-2-6-11/h4,8,10-11,13H,1-3,5-7,9,15H2,(H,16,17). The van der Waals surface area contributed by atoms with Crippen LogP contribution in [0, 0.1) is 5.92 Å². The lowest BCUT2D eigenvalue weighted by Crippen LogP contribution is -2.34. The quantitative estimate of drug-likeness (QED) is 0.778. The highest BCUT2D eigenvalue weighted by atomic mass is 32.1. The Morgan fingerprint density at radius 3 is 2.94 bits per heavy atom. The third-order valence-electron chi connectivity index (χ3n) is 3.70. The van der Waals surface area contributed by atoms with E-state index in [9.17, 15) is 4.79 Å². The summed E-state index contributed by atoms with van der Waals surface area (Å²) < 4.78 is 0. The predicted octanol–water partition coefficient (Wildman–Crippen LogP) is 2.83. The van der Waals surface area contributed by atoms with Gasteiger partial charge in [-0.1, -0.05) is 31.7 Å². The molecule has 1 unspecified atom stereocenters. The maximum Gasteiger partial charge on any atom is 0.242 e. The maximum atomic E-state index is 11.8. The molecule has 0 bridgehead atoms. The first-order valence-electron chi connectivity index (χ1n) is 6.84. The molecule has 1 aliphatic carbocycles. The Morgan fingerprint density at radius 1 is 1.50 bits per heavy atom. The summed E-state index contributed by atoms with van der Waals surface area (Å²) in [6, 6.07) is 3.33. The van der Waals surface area contributed by atoms with Crippen LogP contribution in [0.2, 0.25) is 0 Å². The maximum absolute atomic E-state index is 11.8. The molecule has 1 atom stereocenters. The predicted molar refractivity (Wildman–Crippen MR) is 75.4 cm³/mol. The minimum absolute atomic E-state index is 0.0520. The summed E-state index contributed by atoms with van der Waals surface area (Å²) in [5.41, 5.74) is 5.89. The van der Waals surface area contributed by atoms with Gasteiger partial charge in [-0.25, -0.2) is 0 Å². The topological polar surface area (TPSA) is 55.1 Å². The van der Waals surface area contributed by atoms with Crippen molar-refractivity contribution in [1.29, 1.82) is 0 Å². The van der Waals surface area contributed by atoms with Gasteiger partial charge in [0.25, 0.3) is 0 Å². The summed E-state index contributed by atoms with van der Waals surface area (Å²) in [6.07, 6.45) is 7.86. The van der Waals surface area contributed by atoms with Crippen molar-refractivity contribution < 1.29 is 4.79 Å². The molecule has 3 nitrogen and oxygen atoms in total. The van der Waals surface area contributed by atoms with Crippen LogP contribution >= 0.6 is 11.3 Å². The lowest BCUT2D eigenvalue weighted by atomic mass is 10.0. The number of hydrogen-bond acceptors (Lipinski definition) is 3. The number of carbonyl (C=O) groups is 1. The van der Waals surface area contributed by atoms with Gasteiger partial charge in [-0.2, -0.15) is 0 Å². The van der Waals surface area contributed by atoms with Crippen LogP contribution in [0.5, 0.6) is 0 Å². The Kier molecular flexibility index (Phi) is 5.20. The van der Waals surface area contributed by atoms with Crippen LogP contribution in [0.25, 0.3) is 0 Å². The average molecular weight is 266 g/mol. The van der Waals surface area contributed by atoms with Gasteiger partial charge in [0.05, 0.1) is 0 Å². The summed E-state index contributed by atoms with van der Waals surface area (Å²) in [7, 11) is 0. The zero-order valence-electron chi connectivity index (χ0n) is 10.7. The fourth-order valence-corrected chi connectivity index (χ4v) is 3.33. The molecule has 1 aromatic rings. The van der Waals surface area contributed by atoms with Crippen molar-refractivity contribution in [3.8, 4) is 0 Å². The fourth-order valence-electron chi connectivity index (χ4n) is 2.61. The highest BCUT2D eigenvalue weighted by molar-refractivity contribution is 7.10. The molecule has 0 aromatic carbocycles. The summed E-state index contributed by atoms with van der Waals surface area (Å²) in [4.78, 5) is 12.7. The first kappa shape index (κ1) is 13.6. The minimum Gasteiger partial charge on any atom is -0.354 e. The Hall–Kier alpha value is -0.870. The van der Waals surface area contributed by atoms with E-state index in [-0.39, 0.29) is 5.91 Å². The summed E-state index contributed by atoms with van der Waals surface area (Å²) in [5.74, 6) is 0.844. The Balaban J connectivity index is 1.62. The zero-order chi connectivity index (χ0) is 12.8. The highest BCUT2D eigenvalue weighted by Crippen LogP contribution is 2.28. The molecule has 3 N–H and O–H groups in total. The molecule has 1 heterocycles. The van der Waals surface area contributed by atoms with Gasteiger partial charge in [0.15, 0.2) is 0 Å². The second-order valence-corrected chi connectivity index (χ2v) is 6.06. The van der Waals surface area contributed by atoms with Crippen LogP contribution < -0.4 is 11.1 Å². The van der Waals surface area contributed by atoms with Crippen LogP contribution in [0.3, 0.4) is 0 Å². The molecule has 0 aliphatic heterocycles. The number of amides is 1. The van der Waals surface area contributed by atoms with Gasteiger partial charge in [-0.05, 0) is 30.2 Å². The molecule has 18 heavy (non-hydrogen) atoms. The monoisotopic (exact) mass is 266 g/mol. The van der Waals surface area contributed by atoms with E-state index in [0.717, 1.165) is 23.8 Å². The molecular formula is C14H22N2OS. The van der Waals surface area contributed by atoms with Crippen molar-refractivity contribution in [3.63, 3.8) is 0 Å². The van der Waals surface area contributed by atoms with E-state index in [4.69, 9.17) is 5.73 Å². The molecule has 2 rings (SSSR count). The Bertz CT molecular complexity index is 358. The summed E-state index contributed by atoms with van der Waals surface area (Å²) in [5, 5.41) is 4.88. The van der Waals surface area contributed by atoms with Crippen LogP contribution in [-0.4, -0.2) is 12.5 Å². The minimum atomic E-state index is -0.503. The fraction of sp³-hybridized carbons (Fsp3) is 0.643. The van der Waals surface area contributed by atoms with Gasteiger partial charge in [-0.15, -0.1) is 11.3 Å². The number of hydrogen-bond donors (Lipinski definition) is 2. The van der Waals surface area contributed by atoms with Crippen LogP contribution in [0.1, 0.15) is 49.4 Å². The van der Waals surface area contributed by atoms with E-state index in [0.29, 0.717) is 0 Å². The molecule has 0 radical (unpaired) electrons. The first-order chi connectivity index (χ1) is 8.77. The van der Waals surface area contributed by atoms with E-state index < -0.39 is 6.04 Å². The molecule has 0 saturated heterocycles. The molecule has 1 aliphatic rings. The van der Waals surface area contributed by atoms with Crippen molar-refractivity contribution in [2.75, 3.05) is 6.54 Å². The Morgan fingerprint density at radius 2 is 2.28 bits per heavy atom. The number of rotatable bonds is 6. The van der Waals surface area contributed by atoms with E-state index in [1.807, 2.05) is 17.5 Å². The molecule has 1 saturated carbocycles. The van der Waals surface area contributed by atoms with E-state index in [1.165, 1.54) is 43.4 Å². The molecule has 0 spiro atoms. The zero-order valence-corrected chi connectivity index (χ0v) is 11.5. The van der Waals surface area contributed by atoms with Crippen molar-refractivity contribution in [3.05, 3.63) is 22.4 Å². The van der Waals surface area contributed by atoms with Gasteiger partial charge in [0, 0.05) is 11.4 Å². The van der Waals surface area contributed by atoms with E-state index in [2.05, 4.69) is 5.32 Å². The van der Waals surface area contributed by atoms with Crippen molar-refractivity contribution >= 4 is 17.2 Å². The van der Waals surface area contributed by atoms with Crippen LogP contribution in [0.4, 0.5) is 0 Å². The number of thiophene rings is 1. The molecular weight excluding hydrogens is 244 g/mol. The first-order valence-corrected chi connectivity index (χ1v) is 7.72. The number of carbonyl (C=O) groups excluding carboxylic acids is 1. The van der Waals surface area contributed by atoms with Gasteiger partial charge >= 0.3 is 0 Å². The lowest BCUT2D eigenvalue weighted by Gasteiger charge is -2.12. The third-order valence-corrected chi connectivity index (χ3v) is 4.65. The molecule has 1 aromatic heterocycles. The molecule has 4 heteroatoms. The summed E-state index contributed by atoms with van der Waals surface area (Å²) >= 11 is 1.53. The van der Waals surface area contributed by atoms with Gasteiger partial charge < -0.3 is 11.1 Å². The van der Waals surface area contributed by atoms with Crippen LogP contribution in [-0.2, 0) is 4.79 Å². The van der Waals surface area contributed by atoms with Gasteiger partial charge in [-0.3, -0.25) is 4.79 Å². The van der Waals surface area contributed by atoms with Gasteiger partial charge in [0.1, 0.15) is 6.04 Å². The molecule has 1 fully saturated rings. The van der Waals surface area contributed by atoms with Crippen molar-refractivity contribution in [1.82, 2.24) is 5.32 Å². The average Bonchev–Trinajstić information content (AvgIpc) is 3.05. The molecule has 1 amide bonds. The van der Waals surface area contributed by atoms with E-state index >= 15 is 0 Å². The third kappa shape index (κ3) is 3.82.